The minimum absolute atomic E-state index is 0.164. The second-order valence-corrected chi connectivity index (χ2v) is 4.36. The van der Waals surface area contributed by atoms with Crippen LogP contribution in [0.1, 0.15) is 0 Å². The van der Waals surface area contributed by atoms with Gasteiger partial charge in [0.15, 0.2) is 5.65 Å². The molecule has 0 aliphatic carbocycles. The number of ether oxygens (including phenoxy) is 1. The molecule has 0 spiro atoms. The van der Waals surface area contributed by atoms with E-state index >= 15 is 0 Å². The molecular formula is C11H16N6O. The summed E-state index contributed by atoms with van der Waals surface area (Å²) < 4.78 is 7.20. The Morgan fingerprint density at radius 3 is 3.22 bits per heavy atom. The van der Waals surface area contributed by atoms with Crippen LogP contribution >= 0.6 is 0 Å². The largest absolute Gasteiger partial charge is 0.377 e. The molecule has 1 saturated heterocycles. The SMILES string of the molecule is Cn1ncc2c(N3CCOCC3CN)ncnc21. The maximum atomic E-state index is 5.79. The number of fused-ring (bicyclic) bond motifs is 1. The Hall–Kier alpha value is -1.73. The summed E-state index contributed by atoms with van der Waals surface area (Å²) in [6.45, 7) is 2.68. The van der Waals surface area contributed by atoms with Gasteiger partial charge in [-0.3, -0.25) is 4.68 Å². The van der Waals surface area contributed by atoms with Crippen LogP contribution in [0.3, 0.4) is 0 Å². The van der Waals surface area contributed by atoms with E-state index in [1.807, 2.05) is 7.05 Å². The Morgan fingerprint density at radius 2 is 2.39 bits per heavy atom. The van der Waals surface area contributed by atoms with E-state index in [-0.39, 0.29) is 6.04 Å². The molecule has 3 heterocycles. The predicted octanol–water partition coefficient (Wildman–Crippen LogP) is -0.473. The lowest BCUT2D eigenvalue weighted by Gasteiger charge is -2.35. The molecule has 0 amide bonds. The van der Waals surface area contributed by atoms with Gasteiger partial charge in [0.25, 0.3) is 0 Å². The number of rotatable bonds is 2. The van der Waals surface area contributed by atoms with Crippen LogP contribution < -0.4 is 10.6 Å². The van der Waals surface area contributed by atoms with Crippen molar-refractivity contribution < 1.29 is 4.74 Å². The fourth-order valence-electron chi connectivity index (χ4n) is 2.31. The molecule has 1 fully saturated rings. The lowest BCUT2D eigenvalue weighted by molar-refractivity contribution is 0.0960. The highest BCUT2D eigenvalue weighted by Crippen LogP contribution is 2.24. The van der Waals surface area contributed by atoms with Gasteiger partial charge in [0.1, 0.15) is 12.1 Å². The van der Waals surface area contributed by atoms with E-state index in [1.54, 1.807) is 17.2 Å². The second-order valence-electron chi connectivity index (χ2n) is 4.36. The molecule has 0 bridgehead atoms. The van der Waals surface area contributed by atoms with E-state index in [9.17, 15) is 0 Å². The minimum Gasteiger partial charge on any atom is -0.377 e. The van der Waals surface area contributed by atoms with Crippen molar-refractivity contribution in [2.24, 2.45) is 12.8 Å². The molecule has 1 unspecified atom stereocenters. The molecular weight excluding hydrogens is 232 g/mol. The van der Waals surface area contributed by atoms with Crippen LogP contribution in [-0.2, 0) is 11.8 Å². The van der Waals surface area contributed by atoms with Gasteiger partial charge in [-0.05, 0) is 0 Å². The molecule has 2 N–H and O–H groups in total. The van der Waals surface area contributed by atoms with Crippen molar-refractivity contribution in [1.29, 1.82) is 0 Å². The summed E-state index contributed by atoms with van der Waals surface area (Å²) in [5.41, 5.74) is 6.63. The number of aromatic nitrogens is 4. The summed E-state index contributed by atoms with van der Waals surface area (Å²) in [5.74, 6) is 0.895. The number of nitrogens with two attached hydrogens (primary N) is 1. The van der Waals surface area contributed by atoms with Gasteiger partial charge in [-0.15, -0.1) is 0 Å². The van der Waals surface area contributed by atoms with Crippen LogP contribution in [0.25, 0.3) is 11.0 Å². The number of morpholine rings is 1. The Balaban J connectivity index is 2.07. The normalized spacial score (nSPS) is 20.6. The highest BCUT2D eigenvalue weighted by atomic mass is 16.5. The van der Waals surface area contributed by atoms with Crippen LogP contribution in [0.4, 0.5) is 5.82 Å². The first-order chi connectivity index (χ1) is 8.81. The van der Waals surface area contributed by atoms with E-state index in [1.165, 1.54) is 0 Å². The van der Waals surface area contributed by atoms with Gasteiger partial charge in [-0.2, -0.15) is 5.10 Å². The first-order valence-corrected chi connectivity index (χ1v) is 5.98. The topological polar surface area (TPSA) is 82.1 Å². The van der Waals surface area contributed by atoms with Crippen LogP contribution in [0.5, 0.6) is 0 Å². The molecule has 7 heteroatoms. The van der Waals surface area contributed by atoms with Gasteiger partial charge in [0, 0.05) is 20.1 Å². The zero-order valence-electron chi connectivity index (χ0n) is 10.3. The first-order valence-electron chi connectivity index (χ1n) is 5.98. The number of nitrogens with zero attached hydrogens (tertiary/aromatic N) is 5. The summed E-state index contributed by atoms with van der Waals surface area (Å²) in [5, 5.41) is 5.19. The summed E-state index contributed by atoms with van der Waals surface area (Å²) >= 11 is 0. The highest BCUT2D eigenvalue weighted by Gasteiger charge is 2.25. The molecule has 18 heavy (non-hydrogen) atoms. The van der Waals surface area contributed by atoms with Gasteiger partial charge in [-0.25, -0.2) is 9.97 Å². The Morgan fingerprint density at radius 1 is 1.50 bits per heavy atom. The Labute approximate surface area is 105 Å². The lowest BCUT2D eigenvalue weighted by Crippen LogP contribution is -2.49. The molecule has 3 rings (SSSR count). The number of aryl methyl sites for hydroxylation is 1. The zero-order chi connectivity index (χ0) is 12.5. The van der Waals surface area contributed by atoms with E-state index in [0.717, 1.165) is 23.4 Å². The Bertz CT molecular complexity index is 553. The van der Waals surface area contributed by atoms with E-state index in [0.29, 0.717) is 19.8 Å². The van der Waals surface area contributed by atoms with Crippen LogP contribution in [-0.4, -0.2) is 52.1 Å². The van der Waals surface area contributed by atoms with Gasteiger partial charge >= 0.3 is 0 Å². The molecule has 2 aromatic heterocycles. The molecule has 1 aliphatic heterocycles. The molecule has 7 nitrogen and oxygen atoms in total. The van der Waals surface area contributed by atoms with E-state index in [4.69, 9.17) is 10.5 Å². The molecule has 0 radical (unpaired) electrons. The van der Waals surface area contributed by atoms with Crippen molar-refractivity contribution in [2.45, 2.75) is 6.04 Å². The van der Waals surface area contributed by atoms with E-state index in [2.05, 4.69) is 20.0 Å². The summed E-state index contributed by atoms with van der Waals surface area (Å²) in [7, 11) is 1.87. The summed E-state index contributed by atoms with van der Waals surface area (Å²) in [6.07, 6.45) is 3.37. The zero-order valence-corrected chi connectivity index (χ0v) is 10.3. The highest BCUT2D eigenvalue weighted by molar-refractivity contribution is 5.86. The standard InChI is InChI=1S/C11H16N6O/c1-16-10-9(5-15-16)11(14-7-13-10)17-2-3-18-6-8(17)4-12/h5,7-8H,2-4,6,12H2,1H3. The van der Waals surface area contributed by atoms with Crippen molar-refractivity contribution in [1.82, 2.24) is 19.7 Å². The van der Waals surface area contributed by atoms with Crippen molar-refractivity contribution >= 4 is 16.9 Å². The molecule has 1 aliphatic rings. The first kappa shape index (κ1) is 11.4. The fraction of sp³-hybridized carbons (Fsp3) is 0.545. The van der Waals surface area contributed by atoms with Crippen molar-refractivity contribution in [2.75, 3.05) is 31.2 Å². The monoisotopic (exact) mass is 248 g/mol. The van der Waals surface area contributed by atoms with Gasteiger partial charge < -0.3 is 15.4 Å². The lowest BCUT2D eigenvalue weighted by atomic mass is 10.2. The van der Waals surface area contributed by atoms with Crippen molar-refractivity contribution in [3.63, 3.8) is 0 Å². The average Bonchev–Trinajstić information content (AvgIpc) is 2.81. The molecule has 0 saturated carbocycles. The fourth-order valence-corrected chi connectivity index (χ4v) is 2.31. The third-order valence-electron chi connectivity index (χ3n) is 3.28. The smallest absolute Gasteiger partial charge is 0.163 e. The maximum Gasteiger partial charge on any atom is 0.163 e. The quantitative estimate of drug-likeness (QED) is 0.773. The summed E-state index contributed by atoms with van der Waals surface area (Å²) in [6, 6.07) is 0.164. The molecule has 2 aromatic rings. The van der Waals surface area contributed by atoms with Gasteiger partial charge in [0.2, 0.25) is 0 Å². The van der Waals surface area contributed by atoms with Crippen LogP contribution in [0.2, 0.25) is 0 Å². The third kappa shape index (κ3) is 1.72. The predicted molar refractivity (Wildman–Crippen MR) is 67.3 cm³/mol. The molecule has 1 atom stereocenters. The molecule has 0 aromatic carbocycles. The van der Waals surface area contributed by atoms with Gasteiger partial charge in [0.05, 0.1) is 30.8 Å². The number of hydrogen-bond acceptors (Lipinski definition) is 6. The molecule has 96 valence electrons. The minimum atomic E-state index is 0.164. The number of anilines is 1. The van der Waals surface area contributed by atoms with Crippen molar-refractivity contribution in [3.05, 3.63) is 12.5 Å². The average molecular weight is 248 g/mol. The number of hydrogen-bond donors (Lipinski definition) is 1. The second kappa shape index (κ2) is 4.51. The van der Waals surface area contributed by atoms with Crippen LogP contribution in [0.15, 0.2) is 12.5 Å². The van der Waals surface area contributed by atoms with Crippen LogP contribution in [0, 0.1) is 0 Å². The third-order valence-corrected chi connectivity index (χ3v) is 3.28. The van der Waals surface area contributed by atoms with Gasteiger partial charge in [-0.1, -0.05) is 0 Å². The maximum absolute atomic E-state index is 5.79. The summed E-state index contributed by atoms with van der Waals surface area (Å²) in [4.78, 5) is 10.8. The van der Waals surface area contributed by atoms with Crippen molar-refractivity contribution in [3.8, 4) is 0 Å². The van der Waals surface area contributed by atoms with E-state index < -0.39 is 0 Å². The Kier molecular flexibility index (Phi) is 2.85.